The Kier molecular flexibility index (Phi) is 9.35. The van der Waals surface area contributed by atoms with Crippen LogP contribution in [0.5, 0.6) is 11.5 Å². The van der Waals surface area contributed by atoms with E-state index >= 15 is 0 Å². The second-order valence-electron chi connectivity index (χ2n) is 8.60. The van der Waals surface area contributed by atoms with Crippen LogP contribution in [0.3, 0.4) is 0 Å². The summed E-state index contributed by atoms with van der Waals surface area (Å²) in [5.41, 5.74) is 2.11. The fourth-order valence-electron chi connectivity index (χ4n) is 3.99. The first kappa shape index (κ1) is 28.5. The van der Waals surface area contributed by atoms with Gasteiger partial charge < -0.3 is 19.7 Å². The first-order valence-corrected chi connectivity index (χ1v) is 13.4. The van der Waals surface area contributed by atoms with Crippen molar-refractivity contribution in [3.8, 4) is 11.5 Å². The number of benzene rings is 3. The number of aryl methyl sites for hydroxylation is 1. The van der Waals surface area contributed by atoms with E-state index in [1.807, 2.05) is 31.2 Å². The van der Waals surface area contributed by atoms with Gasteiger partial charge in [0.15, 0.2) is 11.5 Å². The molecule has 0 aliphatic rings. The number of carbonyl (C=O) groups excluding carboxylic acids is 2. The van der Waals surface area contributed by atoms with E-state index in [-0.39, 0.29) is 23.1 Å². The summed E-state index contributed by atoms with van der Waals surface area (Å²) >= 11 is 0. The Morgan fingerprint density at radius 2 is 1.55 bits per heavy atom. The van der Waals surface area contributed by atoms with Crippen LogP contribution in [-0.2, 0) is 26.2 Å². The summed E-state index contributed by atoms with van der Waals surface area (Å²) < 4.78 is 39.4. The zero-order chi connectivity index (χ0) is 27.9. The van der Waals surface area contributed by atoms with E-state index in [1.54, 1.807) is 37.3 Å². The van der Waals surface area contributed by atoms with Crippen molar-refractivity contribution in [1.82, 2.24) is 10.2 Å². The topological polar surface area (TPSA) is 105 Å². The summed E-state index contributed by atoms with van der Waals surface area (Å²) in [7, 11) is 0.139. The van der Waals surface area contributed by atoms with Crippen molar-refractivity contribution in [3.05, 3.63) is 83.9 Å². The zero-order valence-corrected chi connectivity index (χ0v) is 23.0. The molecule has 38 heavy (non-hydrogen) atoms. The Balaban J connectivity index is 2.05. The molecule has 0 aliphatic heterocycles. The van der Waals surface area contributed by atoms with Crippen LogP contribution in [0, 0.1) is 6.92 Å². The molecule has 0 aliphatic carbocycles. The van der Waals surface area contributed by atoms with Gasteiger partial charge in [-0.05, 0) is 49.2 Å². The second-order valence-corrected chi connectivity index (χ2v) is 10.5. The van der Waals surface area contributed by atoms with Crippen LogP contribution in [0.15, 0.2) is 77.7 Å². The summed E-state index contributed by atoms with van der Waals surface area (Å²) in [4.78, 5) is 27.7. The Morgan fingerprint density at radius 3 is 2.16 bits per heavy atom. The van der Waals surface area contributed by atoms with Crippen molar-refractivity contribution in [2.45, 2.75) is 31.3 Å². The predicted molar refractivity (Wildman–Crippen MR) is 146 cm³/mol. The molecule has 2 amide bonds. The molecule has 1 unspecified atom stereocenters. The van der Waals surface area contributed by atoms with Crippen LogP contribution < -0.4 is 19.1 Å². The largest absolute Gasteiger partial charge is 0.493 e. The van der Waals surface area contributed by atoms with Crippen molar-refractivity contribution in [1.29, 1.82) is 0 Å². The highest BCUT2D eigenvalue weighted by molar-refractivity contribution is 7.92. The van der Waals surface area contributed by atoms with Crippen molar-refractivity contribution in [3.63, 3.8) is 0 Å². The van der Waals surface area contributed by atoms with Crippen LogP contribution >= 0.6 is 0 Å². The highest BCUT2D eigenvalue weighted by atomic mass is 32.2. The summed E-state index contributed by atoms with van der Waals surface area (Å²) in [5, 5.41) is 2.57. The molecule has 0 aromatic heterocycles. The minimum atomic E-state index is -4.22. The third-order valence-electron chi connectivity index (χ3n) is 6.28. The highest BCUT2D eigenvalue weighted by Gasteiger charge is 2.33. The Hall–Kier alpha value is -4.05. The molecule has 0 radical (unpaired) electrons. The minimum Gasteiger partial charge on any atom is -0.493 e. The molecule has 1 N–H and O–H groups in total. The van der Waals surface area contributed by atoms with Gasteiger partial charge in [-0.1, -0.05) is 42.5 Å². The lowest BCUT2D eigenvalue weighted by Crippen LogP contribution is -2.50. The lowest BCUT2D eigenvalue weighted by atomic mass is 10.1. The molecule has 0 saturated heterocycles. The number of nitrogens with zero attached hydrogens (tertiary/aromatic N) is 2. The minimum absolute atomic E-state index is 0.0726. The van der Waals surface area contributed by atoms with E-state index < -0.39 is 28.5 Å². The molecule has 202 valence electrons. The van der Waals surface area contributed by atoms with Gasteiger partial charge in [0, 0.05) is 19.7 Å². The molecule has 10 heteroatoms. The fraction of sp³-hybridized carbons (Fsp3) is 0.286. The summed E-state index contributed by atoms with van der Waals surface area (Å²) in [6.45, 7) is 3.15. The number of rotatable bonds is 11. The van der Waals surface area contributed by atoms with E-state index in [4.69, 9.17) is 9.47 Å². The van der Waals surface area contributed by atoms with Gasteiger partial charge in [0.2, 0.25) is 11.8 Å². The van der Waals surface area contributed by atoms with Gasteiger partial charge in [0.1, 0.15) is 12.6 Å². The monoisotopic (exact) mass is 539 g/mol. The van der Waals surface area contributed by atoms with Gasteiger partial charge in [-0.15, -0.1) is 0 Å². The third kappa shape index (κ3) is 6.25. The normalized spacial score (nSPS) is 11.8. The number of methoxy groups -OCH3 is 2. The quantitative estimate of drug-likeness (QED) is 0.401. The molecule has 0 heterocycles. The average Bonchev–Trinajstić information content (AvgIpc) is 2.94. The molecular formula is C28H33N3O6S. The first-order valence-electron chi connectivity index (χ1n) is 12.0. The highest BCUT2D eigenvalue weighted by Crippen LogP contribution is 2.32. The molecule has 0 bridgehead atoms. The van der Waals surface area contributed by atoms with Crippen molar-refractivity contribution in [2.24, 2.45) is 0 Å². The van der Waals surface area contributed by atoms with Crippen molar-refractivity contribution < 1.29 is 27.5 Å². The van der Waals surface area contributed by atoms with Gasteiger partial charge in [-0.3, -0.25) is 13.9 Å². The van der Waals surface area contributed by atoms with Gasteiger partial charge in [-0.25, -0.2) is 8.42 Å². The number of para-hydroxylation sites is 1. The molecule has 9 nitrogen and oxygen atoms in total. The van der Waals surface area contributed by atoms with Crippen LogP contribution in [0.25, 0.3) is 0 Å². The standard InChI is InChI=1S/C28H33N3O6S/c1-20-11-9-10-12-22(20)18-30(21(2)28(33)29-3)27(32)19-31(23-13-7-6-8-14-23)38(34,35)24-15-16-25(36-4)26(17-24)37-5/h6-17,21H,18-19H2,1-5H3,(H,29,33). The second kappa shape index (κ2) is 12.5. The van der Waals surface area contributed by atoms with E-state index in [0.29, 0.717) is 11.4 Å². The van der Waals surface area contributed by atoms with E-state index in [1.165, 1.54) is 44.4 Å². The van der Waals surface area contributed by atoms with Gasteiger partial charge in [0.05, 0.1) is 24.8 Å². The average molecular weight is 540 g/mol. The molecular weight excluding hydrogens is 506 g/mol. The number of likely N-dealkylation sites (N-methyl/N-ethyl adjacent to an activating group) is 1. The summed E-state index contributed by atoms with van der Waals surface area (Å²) in [6.07, 6.45) is 0. The number of nitrogens with one attached hydrogen (secondary N) is 1. The van der Waals surface area contributed by atoms with Crippen LogP contribution in [-0.4, -0.2) is 59.0 Å². The number of ether oxygens (including phenoxy) is 2. The van der Waals surface area contributed by atoms with Crippen LogP contribution in [0.2, 0.25) is 0 Å². The Labute approximate surface area is 224 Å². The number of hydrogen-bond donors (Lipinski definition) is 1. The van der Waals surface area contributed by atoms with Gasteiger partial charge >= 0.3 is 0 Å². The number of anilines is 1. The number of amides is 2. The van der Waals surface area contributed by atoms with Crippen LogP contribution in [0.1, 0.15) is 18.1 Å². The number of carbonyl (C=O) groups is 2. The van der Waals surface area contributed by atoms with Gasteiger partial charge in [-0.2, -0.15) is 0 Å². The maximum absolute atomic E-state index is 13.9. The van der Waals surface area contributed by atoms with Crippen molar-refractivity contribution >= 4 is 27.5 Å². The van der Waals surface area contributed by atoms with E-state index in [2.05, 4.69) is 5.32 Å². The summed E-state index contributed by atoms with van der Waals surface area (Å²) in [5.74, 6) is -0.280. The number of hydrogen-bond acceptors (Lipinski definition) is 6. The number of sulfonamides is 1. The lowest BCUT2D eigenvalue weighted by Gasteiger charge is -2.32. The molecule has 0 spiro atoms. The smallest absolute Gasteiger partial charge is 0.264 e. The molecule has 1 atom stereocenters. The van der Waals surface area contributed by atoms with E-state index in [9.17, 15) is 18.0 Å². The first-order chi connectivity index (χ1) is 18.1. The molecule has 0 fully saturated rings. The zero-order valence-electron chi connectivity index (χ0n) is 22.2. The lowest BCUT2D eigenvalue weighted by molar-refractivity contribution is -0.139. The molecule has 3 aromatic rings. The van der Waals surface area contributed by atoms with Crippen LogP contribution in [0.4, 0.5) is 5.69 Å². The summed E-state index contributed by atoms with van der Waals surface area (Å²) in [6, 6.07) is 19.3. The van der Waals surface area contributed by atoms with Crippen molar-refractivity contribution in [2.75, 3.05) is 32.1 Å². The fourth-order valence-corrected chi connectivity index (χ4v) is 5.42. The maximum Gasteiger partial charge on any atom is 0.264 e. The maximum atomic E-state index is 13.9. The van der Waals surface area contributed by atoms with Gasteiger partial charge in [0.25, 0.3) is 10.0 Å². The SMILES string of the molecule is CNC(=O)C(C)N(Cc1ccccc1C)C(=O)CN(c1ccccc1)S(=O)(=O)c1ccc(OC)c(OC)c1. The predicted octanol–water partition coefficient (Wildman–Crippen LogP) is 3.37. The molecule has 3 rings (SSSR count). The molecule has 0 saturated carbocycles. The Morgan fingerprint density at radius 1 is 0.921 bits per heavy atom. The Bertz CT molecular complexity index is 1380. The van der Waals surface area contributed by atoms with E-state index in [0.717, 1.165) is 15.4 Å². The third-order valence-corrected chi connectivity index (χ3v) is 8.05. The molecule has 3 aromatic carbocycles.